The van der Waals surface area contributed by atoms with Crippen molar-refractivity contribution in [3.8, 4) is 5.75 Å². The minimum atomic E-state index is -0.595. The molecule has 1 N–H and O–H groups in total. The number of nitrogens with one attached hydrogen (secondary N) is 1. The van der Waals surface area contributed by atoms with Gasteiger partial charge in [-0.2, -0.15) is 0 Å². The van der Waals surface area contributed by atoms with Crippen LogP contribution in [0.25, 0.3) is 0 Å². The highest BCUT2D eigenvalue weighted by atomic mass is 79.9. The second-order valence-corrected chi connectivity index (χ2v) is 7.79. The third-order valence-corrected chi connectivity index (χ3v) is 5.21. The van der Waals surface area contributed by atoms with Gasteiger partial charge < -0.3 is 4.74 Å². The Morgan fingerprint density at radius 3 is 2.74 bits per heavy atom. The van der Waals surface area contributed by atoms with Gasteiger partial charge in [-0.05, 0) is 46.8 Å². The van der Waals surface area contributed by atoms with Gasteiger partial charge in [0.15, 0.2) is 6.10 Å². The molecule has 0 aliphatic heterocycles. The van der Waals surface area contributed by atoms with Crippen molar-refractivity contribution in [2.24, 2.45) is 5.92 Å². The van der Waals surface area contributed by atoms with E-state index in [2.05, 4.69) is 31.4 Å². The summed E-state index contributed by atoms with van der Waals surface area (Å²) in [4.78, 5) is 12.6. The molecule has 0 bridgehead atoms. The first-order chi connectivity index (χ1) is 11.0. The van der Waals surface area contributed by atoms with Gasteiger partial charge in [0.05, 0.1) is 4.47 Å². The molecule has 0 radical (unpaired) electrons. The number of halogens is 1. The second kappa shape index (κ2) is 6.97. The third kappa shape index (κ3) is 4.09. The summed E-state index contributed by atoms with van der Waals surface area (Å²) < 4.78 is 6.73. The molecule has 1 atom stereocenters. The Hall–Kier alpha value is -1.47. The number of ether oxygens (including phenoxy) is 1. The lowest BCUT2D eigenvalue weighted by atomic mass is 10.1. The number of rotatable bonds is 6. The number of carbonyl (C=O) groups excluding carboxylic acids is 1. The van der Waals surface area contributed by atoms with Crippen LogP contribution in [0.3, 0.4) is 0 Å². The molecule has 0 spiro atoms. The van der Waals surface area contributed by atoms with Gasteiger partial charge in [0.2, 0.25) is 5.13 Å². The highest BCUT2D eigenvalue weighted by Gasteiger charge is 2.29. The molecule has 23 heavy (non-hydrogen) atoms. The molecule has 5 nitrogen and oxygen atoms in total. The lowest BCUT2D eigenvalue weighted by Crippen LogP contribution is -2.37. The molecule has 1 aromatic carbocycles. The Labute approximate surface area is 147 Å². The average molecular weight is 396 g/mol. The fourth-order valence-corrected chi connectivity index (χ4v) is 3.42. The molecule has 7 heteroatoms. The minimum Gasteiger partial charge on any atom is -0.479 e. The zero-order valence-electron chi connectivity index (χ0n) is 13.0. The Morgan fingerprint density at radius 2 is 2.09 bits per heavy atom. The molecular weight excluding hydrogens is 378 g/mol. The Kier molecular flexibility index (Phi) is 4.96. The Morgan fingerprint density at radius 1 is 1.35 bits per heavy atom. The first-order valence-corrected chi connectivity index (χ1v) is 9.21. The molecule has 1 aliphatic rings. The van der Waals surface area contributed by atoms with Crippen LogP contribution in [-0.4, -0.2) is 22.2 Å². The number of hydrogen-bond donors (Lipinski definition) is 1. The lowest BCUT2D eigenvalue weighted by Gasteiger charge is -2.21. The molecule has 1 heterocycles. The summed E-state index contributed by atoms with van der Waals surface area (Å²) in [6.45, 7) is 3.91. The predicted octanol–water partition coefficient (Wildman–Crippen LogP) is 4.22. The Bertz CT molecular complexity index is 700. The topological polar surface area (TPSA) is 64.1 Å². The molecule has 1 saturated carbocycles. The third-order valence-electron chi connectivity index (χ3n) is 3.55. The maximum absolute atomic E-state index is 12.6. The fraction of sp³-hybridized carbons (Fsp3) is 0.438. The molecule has 1 amide bonds. The monoisotopic (exact) mass is 395 g/mol. The van der Waals surface area contributed by atoms with Crippen LogP contribution in [-0.2, 0) is 4.79 Å². The fourth-order valence-electron chi connectivity index (χ4n) is 2.13. The molecule has 1 fully saturated rings. The Balaban J connectivity index is 1.69. The molecule has 122 valence electrons. The van der Waals surface area contributed by atoms with Crippen LogP contribution in [0.4, 0.5) is 5.13 Å². The molecule has 2 aromatic rings. The van der Waals surface area contributed by atoms with E-state index >= 15 is 0 Å². The van der Waals surface area contributed by atoms with E-state index in [4.69, 9.17) is 4.74 Å². The first-order valence-electron chi connectivity index (χ1n) is 7.60. The number of amides is 1. The van der Waals surface area contributed by atoms with E-state index in [1.54, 1.807) is 0 Å². The number of benzene rings is 1. The van der Waals surface area contributed by atoms with Gasteiger partial charge >= 0.3 is 0 Å². The van der Waals surface area contributed by atoms with Crippen molar-refractivity contribution in [2.45, 2.75) is 38.7 Å². The summed E-state index contributed by atoms with van der Waals surface area (Å²) in [5, 5.41) is 12.6. The molecule has 1 aliphatic carbocycles. The maximum atomic E-state index is 12.6. The van der Waals surface area contributed by atoms with Crippen LogP contribution in [0, 0.1) is 5.92 Å². The van der Waals surface area contributed by atoms with Crippen LogP contribution in [0.1, 0.15) is 37.6 Å². The normalized spacial score (nSPS) is 15.5. The minimum absolute atomic E-state index is 0.0259. The smallest absolute Gasteiger partial charge is 0.267 e. The van der Waals surface area contributed by atoms with Gasteiger partial charge in [-0.3, -0.25) is 10.1 Å². The summed E-state index contributed by atoms with van der Waals surface area (Å²) in [6.07, 6.45) is 1.74. The molecule has 1 unspecified atom stereocenters. The van der Waals surface area contributed by atoms with Gasteiger partial charge in [0.1, 0.15) is 10.8 Å². The summed E-state index contributed by atoms with van der Waals surface area (Å²) in [7, 11) is 0. The number of hydrogen-bond acceptors (Lipinski definition) is 5. The van der Waals surface area contributed by atoms with Crippen molar-refractivity contribution in [1.29, 1.82) is 0 Å². The van der Waals surface area contributed by atoms with Crippen LogP contribution < -0.4 is 10.1 Å². The van der Waals surface area contributed by atoms with Crippen molar-refractivity contribution in [3.63, 3.8) is 0 Å². The zero-order chi connectivity index (χ0) is 16.4. The van der Waals surface area contributed by atoms with Gasteiger partial charge in [-0.1, -0.05) is 37.3 Å². The SMILES string of the molecule is CC(C)C(Oc1ccccc1Br)C(=O)Nc1nnc(C2CC2)s1. The van der Waals surface area contributed by atoms with E-state index in [9.17, 15) is 4.79 Å². The van der Waals surface area contributed by atoms with E-state index < -0.39 is 6.10 Å². The number of aromatic nitrogens is 2. The van der Waals surface area contributed by atoms with E-state index in [1.165, 1.54) is 24.2 Å². The van der Waals surface area contributed by atoms with Gasteiger partial charge in [-0.15, -0.1) is 10.2 Å². The van der Waals surface area contributed by atoms with Crippen molar-refractivity contribution >= 4 is 38.3 Å². The summed E-state index contributed by atoms with van der Waals surface area (Å²) in [6, 6.07) is 7.50. The number of nitrogens with zero attached hydrogens (tertiary/aromatic N) is 2. The molecule has 1 aromatic heterocycles. The average Bonchev–Trinajstić information content (AvgIpc) is 3.26. The first kappa shape index (κ1) is 16.4. The summed E-state index contributed by atoms with van der Waals surface area (Å²) in [5.74, 6) is 1.01. The number of anilines is 1. The van der Waals surface area contributed by atoms with Crippen molar-refractivity contribution < 1.29 is 9.53 Å². The van der Waals surface area contributed by atoms with Gasteiger partial charge in [0, 0.05) is 5.92 Å². The molecule has 0 saturated heterocycles. The van der Waals surface area contributed by atoms with Gasteiger partial charge in [0.25, 0.3) is 5.91 Å². The summed E-state index contributed by atoms with van der Waals surface area (Å²) >= 11 is 4.89. The van der Waals surface area contributed by atoms with Crippen LogP contribution >= 0.6 is 27.3 Å². The van der Waals surface area contributed by atoms with Crippen molar-refractivity contribution in [2.75, 3.05) is 5.32 Å². The highest BCUT2D eigenvalue weighted by Crippen LogP contribution is 2.42. The number of para-hydroxylation sites is 1. The van der Waals surface area contributed by atoms with E-state index in [0.717, 1.165) is 9.48 Å². The lowest BCUT2D eigenvalue weighted by molar-refractivity contribution is -0.124. The van der Waals surface area contributed by atoms with E-state index in [1.807, 2.05) is 38.1 Å². The molecule has 3 rings (SSSR count). The number of carbonyl (C=O) groups is 1. The quantitative estimate of drug-likeness (QED) is 0.794. The standard InChI is InChI=1S/C16H18BrN3O2S/c1-9(2)13(22-12-6-4-3-5-11(12)17)14(21)18-16-20-19-15(23-16)10-7-8-10/h3-6,9-10,13H,7-8H2,1-2H3,(H,18,20,21). The van der Waals surface area contributed by atoms with Gasteiger partial charge in [-0.25, -0.2) is 0 Å². The zero-order valence-corrected chi connectivity index (χ0v) is 15.4. The largest absolute Gasteiger partial charge is 0.479 e. The molecular formula is C16H18BrN3O2S. The predicted molar refractivity (Wildman–Crippen MR) is 93.9 cm³/mol. The maximum Gasteiger partial charge on any atom is 0.267 e. The van der Waals surface area contributed by atoms with E-state index in [0.29, 0.717) is 16.8 Å². The van der Waals surface area contributed by atoms with Crippen LogP contribution in [0.5, 0.6) is 5.75 Å². The van der Waals surface area contributed by atoms with Crippen LogP contribution in [0.2, 0.25) is 0 Å². The van der Waals surface area contributed by atoms with Crippen LogP contribution in [0.15, 0.2) is 28.7 Å². The highest BCUT2D eigenvalue weighted by molar-refractivity contribution is 9.10. The second-order valence-electron chi connectivity index (χ2n) is 5.92. The van der Waals surface area contributed by atoms with Crippen molar-refractivity contribution in [3.05, 3.63) is 33.7 Å². The van der Waals surface area contributed by atoms with Crippen molar-refractivity contribution in [1.82, 2.24) is 10.2 Å². The summed E-state index contributed by atoms with van der Waals surface area (Å²) in [5.41, 5.74) is 0. The van der Waals surface area contributed by atoms with E-state index in [-0.39, 0.29) is 11.8 Å².